The molecule has 0 radical (unpaired) electrons. The number of aliphatic hydroxyl groups is 1. The first-order valence-corrected chi connectivity index (χ1v) is 30.7. The number of nitrogens with zero attached hydrogens (tertiary/aromatic N) is 1. The third-order valence-electron chi connectivity index (χ3n) is 13.3. The fourth-order valence-electron chi connectivity index (χ4n) is 9.05. The highest BCUT2D eigenvalue weighted by Gasteiger charge is 2.37. The van der Waals surface area contributed by atoms with Crippen LogP contribution in [0.5, 0.6) is 0 Å². The van der Waals surface area contributed by atoms with Crippen LogP contribution in [0.25, 0.3) is 0 Å². The Balaban J connectivity index is 2.77. The van der Waals surface area contributed by atoms with Gasteiger partial charge in [0.05, 0.1) is 13.2 Å². The van der Waals surface area contributed by atoms with Crippen LogP contribution in [0.15, 0.2) is 0 Å². The third-order valence-corrected chi connectivity index (χ3v) is 15.7. The summed E-state index contributed by atoms with van der Waals surface area (Å²) in [6, 6.07) is 0. The molecule has 0 aromatic carbocycles. The molecule has 0 saturated carbocycles. The second kappa shape index (κ2) is 46.8. The molecule has 0 spiro atoms. The summed E-state index contributed by atoms with van der Waals surface area (Å²) in [7, 11) is 2.16. The van der Waals surface area contributed by atoms with E-state index in [9.17, 15) is 14.7 Å². The van der Waals surface area contributed by atoms with Gasteiger partial charge in [-0.05, 0) is 102 Å². The Bertz CT molecular complexity index is 997. The number of unbranched alkanes of at least 4 members (excludes halogenated alkanes) is 23. The molecule has 1 fully saturated rings. The van der Waals surface area contributed by atoms with E-state index in [1.807, 2.05) is 23.5 Å². The molecule has 0 amide bonds. The summed E-state index contributed by atoms with van der Waals surface area (Å²) in [6.45, 7) is 12.6. The van der Waals surface area contributed by atoms with E-state index < -0.39 is 5.79 Å². The van der Waals surface area contributed by atoms with Crippen LogP contribution in [0, 0.1) is 5.92 Å². The van der Waals surface area contributed by atoms with Crippen LogP contribution < -0.4 is 0 Å². The van der Waals surface area contributed by atoms with Crippen molar-refractivity contribution in [1.82, 2.24) is 4.90 Å². The molecule has 8 nitrogen and oxygen atoms in total. The lowest BCUT2D eigenvalue weighted by molar-refractivity contribution is -0.291. The number of thioether (sulfide) groups is 2. The molecule has 0 aromatic heterocycles. The summed E-state index contributed by atoms with van der Waals surface area (Å²) < 4.78 is 25.8. The van der Waals surface area contributed by atoms with E-state index in [4.69, 9.17) is 18.9 Å². The number of carbonyl (C=O) groups is 2. The monoisotopic (exact) mass is 972 g/mol. The number of aliphatic hydroxyl groups excluding tert-OH is 1. The smallest absolute Gasteiger partial charge is 0.306 e. The Kier molecular flexibility index (Phi) is 45.1. The Morgan fingerprint density at radius 1 is 0.545 bits per heavy atom. The summed E-state index contributed by atoms with van der Waals surface area (Å²) >= 11 is 3.92. The highest BCUT2D eigenvalue weighted by Crippen LogP contribution is 2.34. The maximum absolute atomic E-state index is 13.0. The van der Waals surface area contributed by atoms with Crippen molar-refractivity contribution in [2.24, 2.45) is 5.92 Å². The predicted molar refractivity (Wildman–Crippen MR) is 286 cm³/mol. The first-order valence-electron chi connectivity index (χ1n) is 28.4. The SMILES string of the molecule is CCCCCCCCCC(=O)OC(CCCCCC1(CCCCCC(CSCCCCCC)OC(=O)CCCCCCCCC)OCC(CN(C)CCCCO)CO1)CSCCCCCC. The van der Waals surface area contributed by atoms with Gasteiger partial charge in [0.25, 0.3) is 0 Å². The molecular weight excluding hydrogens is 863 g/mol. The third kappa shape index (κ3) is 38.3. The molecule has 2 unspecified atom stereocenters. The van der Waals surface area contributed by atoms with Gasteiger partial charge in [0.1, 0.15) is 12.2 Å². The van der Waals surface area contributed by atoms with Gasteiger partial charge in [-0.1, -0.05) is 156 Å². The van der Waals surface area contributed by atoms with Crippen molar-refractivity contribution in [2.45, 2.75) is 277 Å². The molecule has 0 aliphatic carbocycles. The van der Waals surface area contributed by atoms with Crippen LogP contribution in [0.3, 0.4) is 0 Å². The van der Waals surface area contributed by atoms with E-state index in [0.29, 0.717) is 32.0 Å². The van der Waals surface area contributed by atoms with Gasteiger partial charge < -0.3 is 29.0 Å². The Hall–Kier alpha value is -0.520. The van der Waals surface area contributed by atoms with Crippen molar-refractivity contribution in [3.8, 4) is 0 Å². The summed E-state index contributed by atoms with van der Waals surface area (Å²) in [5, 5.41) is 9.25. The first kappa shape index (κ1) is 63.5. The van der Waals surface area contributed by atoms with Gasteiger partial charge in [0, 0.05) is 56.3 Å². The molecular formula is C56H109NO7S2. The summed E-state index contributed by atoms with van der Waals surface area (Å²) in [6.07, 6.45) is 39.8. The van der Waals surface area contributed by atoms with Crippen molar-refractivity contribution in [2.75, 3.05) is 63.0 Å². The van der Waals surface area contributed by atoms with Crippen molar-refractivity contribution < 1.29 is 33.6 Å². The zero-order valence-electron chi connectivity index (χ0n) is 44.2. The minimum Gasteiger partial charge on any atom is -0.461 e. The number of hydrogen-bond acceptors (Lipinski definition) is 10. The number of carbonyl (C=O) groups excluding carboxylic acids is 2. The van der Waals surface area contributed by atoms with Crippen LogP contribution in [0.1, 0.15) is 259 Å². The van der Waals surface area contributed by atoms with Crippen LogP contribution in [0.2, 0.25) is 0 Å². The van der Waals surface area contributed by atoms with Gasteiger partial charge in [0.2, 0.25) is 0 Å². The zero-order chi connectivity index (χ0) is 48.0. The van der Waals surface area contributed by atoms with E-state index in [2.05, 4.69) is 39.6 Å². The average Bonchev–Trinajstić information content (AvgIpc) is 3.31. The van der Waals surface area contributed by atoms with Crippen molar-refractivity contribution in [3.63, 3.8) is 0 Å². The van der Waals surface area contributed by atoms with Crippen molar-refractivity contribution in [3.05, 3.63) is 0 Å². The second-order valence-corrected chi connectivity index (χ2v) is 22.3. The van der Waals surface area contributed by atoms with Crippen molar-refractivity contribution in [1.29, 1.82) is 0 Å². The molecule has 66 heavy (non-hydrogen) atoms. The summed E-state index contributed by atoms with van der Waals surface area (Å²) in [5.74, 6) is 3.85. The van der Waals surface area contributed by atoms with Crippen LogP contribution >= 0.6 is 23.5 Å². The number of hydrogen-bond donors (Lipinski definition) is 1. The number of rotatable bonds is 50. The molecule has 2 atom stereocenters. The largest absolute Gasteiger partial charge is 0.461 e. The highest BCUT2D eigenvalue weighted by molar-refractivity contribution is 7.99. The van der Waals surface area contributed by atoms with Crippen molar-refractivity contribution >= 4 is 35.5 Å². The maximum Gasteiger partial charge on any atom is 0.306 e. The summed E-state index contributed by atoms with van der Waals surface area (Å²) in [4.78, 5) is 28.3. The van der Waals surface area contributed by atoms with Gasteiger partial charge in [-0.2, -0.15) is 23.5 Å². The molecule has 1 heterocycles. The molecule has 1 N–H and O–H groups in total. The second-order valence-electron chi connectivity index (χ2n) is 20.0. The number of esters is 2. The van der Waals surface area contributed by atoms with E-state index in [1.165, 1.54) is 116 Å². The lowest BCUT2D eigenvalue weighted by Gasteiger charge is -2.41. The van der Waals surface area contributed by atoms with E-state index in [1.54, 1.807) is 0 Å². The van der Waals surface area contributed by atoms with Gasteiger partial charge in [-0.15, -0.1) is 0 Å². The minimum atomic E-state index is -0.556. The van der Waals surface area contributed by atoms with Gasteiger partial charge >= 0.3 is 11.9 Å². The Morgan fingerprint density at radius 2 is 0.939 bits per heavy atom. The van der Waals surface area contributed by atoms with Gasteiger partial charge in [-0.25, -0.2) is 0 Å². The molecule has 1 aliphatic heterocycles. The average molecular weight is 973 g/mol. The minimum absolute atomic E-state index is 0.00706. The van der Waals surface area contributed by atoms with E-state index in [-0.39, 0.29) is 30.8 Å². The normalized spacial score (nSPS) is 17.3. The molecule has 0 bridgehead atoms. The Labute approximate surface area is 417 Å². The van der Waals surface area contributed by atoms with Gasteiger partial charge in [0.15, 0.2) is 5.79 Å². The van der Waals surface area contributed by atoms with Crippen LogP contribution in [0.4, 0.5) is 0 Å². The standard InChI is InChI=1S/C56H109NO7S2/c1-6-10-14-18-20-22-28-38-54(59)63-52(49-65-44-34-16-12-8-3)36-26-24-30-40-56(61-47-51(48-62-56)46-57(5)42-32-33-43-58)41-31-25-27-37-53(50-66-45-35-17-13-9-4)64-55(60)39-29-23-21-19-15-11-7-2/h51-53,58H,6-50H2,1-5H3. The topological polar surface area (TPSA) is 94.5 Å². The lowest BCUT2D eigenvalue weighted by Crippen LogP contribution is -2.47. The Morgan fingerprint density at radius 3 is 1.36 bits per heavy atom. The molecule has 1 aliphatic rings. The lowest BCUT2D eigenvalue weighted by atomic mass is 9.97. The van der Waals surface area contributed by atoms with Crippen LogP contribution in [-0.4, -0.2) is 103 Å². The zero-order valence-corrected chi connectivity index (χ0v) is 45.8. The fourth-order valence-corrected chi connectivity index (χ4v) is 11.2. The summed E-state index contributed by atoms with van der Waals surface area (Å²) in [5.41, 5.74) is 0. The van der Waals surface area contributed by atoms with Gasteiger partial charge in [-0.3, -0.25) is 9.59 Å². The molecule has 10 heteroatoms. The predicted octanol–water partition coefficient (Wildman–Crippen LogP) is 15.7. The maximum atomic E-state index is 13.0. The molecule has 392 valence electrons. The van der Waals surface area contributed by atoms with Crippen LogP contribution in [-0.2, 0) is 28.5 Å². The quantitative estimate of drug-likeness (QED) is 0.0469. The number of ether oxygens (including phenoxy) is 4. The molecule has 1 saturated heterocycles. The van der Waals surface area contributed by atoms with E-state index >= 15 is 0 Å². The highest BCUT2D eigenvalue weighted by atomic mass is 32.2. The first-order chi connectivity index (χ1) is 32.3. The molecule has 0 aromatic rings. The van der Waals surface area contributed by atoms with E-state index in [0.717, 1.165) is 139 Å². The molecule has 1 rings (SSSR count). The fraction of sp³-hybridized carbons (Fsp3) is 0.964.